The zero-order valence-corrected chi connectivity index (χ0v) is 16.7. The first-order valence-electron chi connectivity index (χ1n) is 9.21. The first kappa shape index (κ1) is 21.4. The summed E-state index contributed by atoms with van der Waals surface area (Å²) in [5.41, 5.74) is -0.942. The van der Waals surface area contributed by atoms with Crippen LogP contribution in [0.1, 0.15) is 46.1 Å². The summed E-state index contributed by atoms with van der Waals surface area (Å²) in [6.45, 7) is 7.45. The molecule has 0 saturated heterocycles. The van der Waals surface area contributed by atoms with E-state index in [2.05, 4.69) is 10.6 Å². The van der Waals surface area contributed by atoms with Crippen LogP contribution in [0.4, 0.5) is 10.5 Å². The molecule has 1 fully saturated rings. The minimum Gasteiger partial charge on any atom is -0.444 e. The lowest BCUT2D eigenvalue weighted by molar-refractivity contribution is -0.385. The Morgan fingerprint density at radius 3 is 2.46 bits per heavy atom. The predicted octanol–water partition coefficient (Wildman–Crippen LogP) is 3.42. The van der Waals surface area contributed by atoms with E-state index in [1.54, 1.807) is 39.0 Å². The molecule has 2 rings (SSSR count). The Morgan fingerprint density at radius 2 is 1.89 bits per heavy atom. The molecule has 2 amide bonds. The molecule has 0 spiro atoms. The van der Waals surface area contributed by atoms with Crippen molar-refractivity contribution in [3.05, 3.63) is 46.0 Å². The summed E-state index contributed by atoms with van der Waals surface area (Å²) < 4.78 is 5.24. The Kier molecular flexibility index (Phi) is 6.43. The van der Waals surface area contributed by atoms with Crippen LogP contribution in [-0.4, -0.2) is 34.6 Å². The van der Waals surface area contributed by atoms with Gasteiger partial charge in [-0.1, -0.05) is 12.1 Å². The number of hydrogen-bond donors (Lipinski definition) is 2. The number of nitrogens with zero attached hydrogens (tertiary/aromatic N) is 1. The van der Waals surface area contributed by atoms with Crippen LogP contribution in [0.3, 0.4) is 0 Å². The van der Waals surface area contributed by atoms with E-state index in [-0.39, 0.29) is 24.1 Å². The molecule has 8 heteroatoms. The van der Waals surface area contributed by atoms with Gasteiger partial charge in [-0.2, -0.15) is 0 Å². The second kappa shape index (κ2) is 8.41. The van der Waals surface area contributed by atoms with Gasteiger partial charge in [-0.15, -0.1) is 0 Å². The number of rotatable bonds is 7. The Hall–Kier alpha value is -2.90. The van der Waals surface area contributed by atoms with Gasteiger partial charge < -0.3 is 15.4 Å². The van der Waals surface area contributed by atoms with Crippen molar-refractivity contribution in [3.8, 4) is 0 Å². The van der Waals surface area contributed by atoms with E-state index in [4.69, 9.17) is 4.74 Å². The van der Waals surface area contributed by atoms with E-state index in [1.807, 2.05) is 6.92 Å². The summed E-state index contributed by atoms with van der Waals surface area (Å²) in [6, 6.07) is 6.20. The summed E-state index contributed by atoms with van der Waals surface area (Å²) in [5, 5.41) is 16.7. The molecule has 1 aliphatic carbocycles. The molecule has 152 valence electrons. The standard InChI is InChI=1S/C20H27N3O5/c1-19(2,3)28-18(25)21-13-20(4,15-10-11-15)22-17(24)12-9-14-7-5-6-8-16(14)23(26)27/h5-9,12,15H,10-11,13H2,1-4H3,(H,21,25)(H,22,24). The third kappa shape index (κ3) is 6.37. The molecule has 1 unspecified atom stereocenters. The average Bonchev–Trinajstić information content (AvgIpc) is 3.42. The fraction of sp³-hybridized carbons (Fsp3) is 0.500. The zero-order chi connectivity index (χ0) is 20.9. The lowest BCUT2D eigenvalue weighted by Gasteiger charge is -2.31. The minimum absolute atomic E-state index is 0.0666. The van der Waals surface area contributed by atoms with Gasteiger partial charge in [-0.05, 0) is 58.6 Å². The van der Waals surface area contributed by atoms with Crippen LogP contribution in [0.5, 0.6) is 0 Å². The van der Waals surface area contributed by atoms with E-state index >= 15 is 0 Å². The quantitative estimate of drug-likeness (QED) is 0.422. The summed E-state index contributed by atoms with van der Waals surface area (Å²) >= 11 is 0. The van der Waals surface area contributed by atoms with Crippen LogP contribution >= 0.6 is 0 Å². The first-order valence-corrected chi connectivity index (χ1v) is 9.21. The molecule has 0 aromatic heterocycles. The number of carbonyl (C=O) groups excluding carboxylic acids is 2. The third-order valence-corrected chi connectivity index (χ3v) is 4.43. The van der Waals surface area contributed by atoms with Crippen LogP contribution in [-0.2, 0) is 9.53 Å². The van der Waals surface area contributed by atoms with Crippen LogP contribution < -0.4 is 10.6 Å². The van der Waals surface area contributed by atoms with Crippen LogP contribution in [0.15, 0.2) is 30.3 Å². The van der Waals surface area contributed by atoms with Crippen molar-refractivity contribution in [3.63, 3.8) is 0 Å². The average molecular weight is 389 g/mol. The highest BCUT2D eigenvalue weighted by Gasteiger charge is 2.42. The maximum Gasteiger partial charge on any atom is 0.407 e. The fourth-order valence-electron chi connectivity index (χ4n) is 2.86. The first-order chi connectivity index (χ1) is 13.0. The zero-order valence-electron chi connectivity index (χ0n) is 16.7. The topological polar surface area (TPSA) is 111 Å². The third-order valence-electron chi connectivity index (χ3n) is 4.43. The van der Waals surface area contributed by atoms with Crippen molar-refractivity contribution in [2.45, 2.75) is 51.7 Å². The molecule has 28 heavy (non-hydrogen) atoms. The SMILES string of the molecule is CC(C)(C)OC(=O)NCC(C)(NC(=O)C=Cc1ccccc1[N+](=O)[O-])C1CC1. The van der Waals surface area contributed by atoms with Crippen molar-refractivity contribution in [2.24, 2.45) is 5.92 Å². The fourth-order valence-corrected chi connectivity index (χ4v) is 2.86. The number of para-hydroxylation sites is 1. The molecule has 1 aromatic rings. The van der Waals surface area contributed by atoms with E-state index in [1.165, 1.54) is 18.2 Å². The Morgan fingerprint density at radius 1 is 1.25 bits per heavy atom. The predicted molar refractivity (Wildman–Crippen MR) is 106 cm³/mol. The number of nitro groups is 1. The Labute approximate surface area is 164 Å². The molecule has 1 atom stereocenters. The second-order valence-corrected chi connectivity index (χ2v) is 8.19. The largest absolute Gasteiger partial charge is 0.444 e. The smallest absolute Gasteiger partial charge is 0.407 e. The monoisotopic (exact) mass is 389 g/mol. The molecule has 1 aromatic carbocycles. The van der Waals surface area contributed by atoms with Gasteiger partial charge in [-0.25, -0.2) is 4.79 Å². The van der Waals surface area contributed by atoms with Crippen molar-refractivity contribution >= 4 is 23.8 Å². The highest BCUT2D eigenvalue weighted by atomic mass is 16.6. The lowest BCUT2D eigenvalue weighted by atomic mass is 9.95. The number of ether oxygens (including phenoxy) is 1. The van der Waals surface area contributed by atoms with Crippen molar-refractivity contribution in [2.75, 3.05) is 6.54 Å². The number of amides is 2. The van der Waals surface area contributed by atoms with Gasteiger partial charge in [0.25, 0.3) is 5.69 Å². The molecule has 1 aliphatic rings. The van der Waals surface area contributed by atoms with E-state index < -0.39 is 22.2 Å². The van der Waals surface area contributed by atoms with E-state index in [0.717, 1.165) is 12.8 Å². The van der Waals surface area contributed by atoms with Gasteiger partial charge in [0.05, 0.1) is 16.0 Å². The molecule has 8 nitrogen and oxygen atoms in total. The number of nitrogens with one attached hydrogen (secondary N) is 2. The van der Waals surface area contributed by atoms with Crippen molar-refractivity contribution in [1.29, 1.82) is 0 Å². The summed E-state index contributed by atoms with van der Waals surface area (Å²) in [5.74, 6) is -0.121. The molecule has 1 saturated carbocycles. The van der Waals surface area contributed by atoms with Gasteiger partial charge in [0, 0.05) is 18.7 Å². The van der Waals surface area contributed by atoms with Crippen LogP contribution in [0.25, 0.3) is 6.08 Å². The Bertz CT molecular complexity index is 780. The molecule has 0 heterocycles. The molecular weight excluding hydrogens is 362 g/mol. The maximum absolute atomic E-state index is 12.4. The summed E-state index contributed by atoms with van der Waals surface area (Å²) in [4.78, 5) is 34.9. The van der Waals surface area contributed by atoms with Crippen LogP contribution in [0.2, 0.25) is 0 Å². The number of hydrogen-bond acceptors (Lipinski definition) is 5. The maximum atomic E-state index is 12.4. The van der Waals surface area contributed by atoms with E-state index in [9.17, 15) is 19.7 Å². The number of alkyl carbamates (subject to hydrolysis) is 1. The minimum atomic E-state index is -0.624. The normalized spacial score (nSPS) is 16.3. The van der Waals surface area contributed by atoms with Gasteiger partial charge in [0.1, 0.15) is 5.60 Å². The number of carbonyl (C=O) groups is 2. The second-order valence-electron chi connectivity index (χ2n) is 8.19. The highest BCUT2D eigenvalue weighted by Crippen LogP contribution is 2.39. The highest BCUT2D eigenvalue weighted by molar-refractivity contribution is 5.93. The lowest BCUT2D eigenvalue weighted by Crippen LogP contribution is -2.55. The van der Waals surface area contributed by atoms with Gasteiger partial charge in [-0.3, -0.25) is 14.9 Å². The number of nitro benzene ring substituents is 1. The van der Waals surface area contributed by atoms with Crippen LogP contribution in [0, 0.1) is 16.0 Å². The molecule has 0 radical (unpaired) electrons. The molecule has 2 N–H and O–H groups in total. The van der Waals surface area contributed by atoms with E-state index in [0.29, 0.717) is 5.56 Å². The number of benzene rings is 1. The van der Waals surface area contributed by atoms with Crippen molar-refractivity contribution < 1.29 is 19.2 Å². The van der Waals surface area contributed by atoms with Crippen molar-refractivity contribution in [1.82, 2.24) is 10.6 Å². The summed E-state index contributed by atoms with van der Waals surface area (Å²) in [7, 11) is 0. The van der Waals surface area contributed by atoms with Gasteiger partial charge in [0.2, 0.25) is 5.91 Å². The van der Waals surface area contributed by atoms with Gasteiger partial charge in [0.15, 0.2) is 0 Å². The Balaban J connectivity index is 2.01. The molecule has 0 bridgehead atoms. The molecule has 0 aliphatic heterocycles. The molecular formula is C20H27N3O5. The van der Waals surface area contributed by atoms with Gasteiger partial charge >= 0.3 is 6.09 Å². The summed E-state index contributed by atoms with van der Waals surface area (Å²) in [6.07, 6.45) is 4.07.